The maximum atomic E-state index is 13.6. The highest BCUT2D eigenvalue weighted by molar-refractivity contribution is 6.34. The average Bonchev–Trinajstić information content (AvgIpc) is 2.45. The van der Waals surface area contributed by atoms with Gasteiger partial charge in [-0.2, -0.15) is 0 Å². The second-order valence-corrected chi connectivity index (χ2v) is 5.18. The van der Waals surface area contributed by atoms with Crippen molar-refractivity contribution in [3.8, 4) is 0 Å². The summed E-state index contributed by atoms with van der Waals surface area (Å²) in [7, 11) is 0. The van der Waals surface area contributed by atoms with Gasteiger partial charge in [-0.05, 0) is 30.3 Å². The number of halogens is 3. The number of amides is 2. The van der Waals surface area contributed by atoms with Gasteiger partial charge in [0.1, 0.15) is 5.82 Å². The molecule has 22 heavy (non-hydrogen) atoms. The van der Waals surface area contributed by atoms with E-state index in [2.05, 4.69) is 10.6 Å². The third kappa shape index (κ3) is 4.19. The highest BCUT2D eigenvalue weighted by Gasteiger charge is 2.16. The van der Waals surface area contributed by atoms with Crippen molar-refractivity contribution in [1.82, 2.24) is 5.32 Å². The molecule has 2 amide bonds. The zero-order chi connectivity index (χ0) is 16.1. The maximum absolute atomic E-state index is 13.6. The standard InChI is InChI=1S/C15H11Cl2FN2O2/c16-9-3-1-4-10(7-9)20-13(21)8-19-15(22)14-11(17)5-2-6-12(14)18/h1-7H,8H2,(H,19,22)(H,20,21). The van der Waals surface area contributed by atoms with Crippen molar-refractivity contribution in [3.05, 3.63) is 63.9 Å². The van der Waals surface area contributed by atoms with Gasteiger partial charge in [0.25, 0.3) is 5.91 Å². The van der Waals surface area contributed by atoms with E-state index >= 15 is 0 Å². The molecule has 114 valence electrons. The first-order valence-corrected chi connectivity index (χ1v) is 7.00. The Bertz CT molecular complexity index is 702. The molecule has 0 aliphatic carbocycles. The second-order valence-electron chi connectivity index (χ2n) is 4.34. The zero-order valence-corrected chi connectivity index (χ0v) is 12.7. The third-order valence-electron chi connectivity index (χ3n) is 2.71. The largest absolute Gasteiger partial charge is 0.343 e. The van der Waals surface area contributed by atoms with Crippen LogP contribution in [0.25, 0.3) is 0 Å². The van der Waals surface area contributed by atoms with Crippen molar-refractivity contribution in [1.29, 1.82) is 0 Å². The van der Waals surface area contributed by atoms with Crippen LogP contribution in [-0.2, 0) is 4.79 Å². The van der Waals surface area contributed by atoms with E-state index in [0.717, 1.165) is 6.07 Å². The Morgan fingerprint density at radius 3 is 2.50 bits per heavy atom. The molecular weight excluding hydrogens is 330 g/mol. The molecule has 2 N–H and O–H groups in total. The summed E-state index contributed by atoms with van der Waals surface area (Å²) in [6.07, 6.45) is 0. The summed E-state index contributed by atoms with van der Waals surface area (Å²) in [5.41, 5.74) is 0.204. The molecule has 0 unspecified atom stereocenters. The van der Waals surface area contributed by atoms with Crippen molar-refractivity contribution >= 4 is 40.7 Å². The normalized spacial score (nSPS) is 10.1. The summed E-state index contributed by atoms with van der Waals surface area (Å²) in [5.74, 6) is -1.98. The second kappa shape index (κ2) is 7.24. The van der Waals surface area contributed by atoms with E-state index in [1.54, 1.807) is 24.3 Å². The fourth-order valence-electron chi connectivity index (χ4n) is 1.74. The fraction of sp³-hybridized carbons (Fsp3) is 0.0667. The molecule has 2 aromatic rings. The van der Waals surface area contributed by atoms with Crippen molar-refractivity contribution in [3.63, 3.8) is 0 Å². The topological polar surface area (TPSA) is 58.2 Å². The SMILES string of the molecule is O=C(CNC(=O)c1c(F)cccc1Cl)Nc1cccc(Cl)c1. The van der Waals surface area contributed by atoms with Gasteiger partial charge in [0.15, 0.2) is 0 Å². The molecule has 0 aliphatic rings. The molecule has 0 saturated heterocycles. The van der Waals surface area contributed by atoms with E-state index in [0.29, 0.717) is 10.7 Å². The van der Waals surface area contributed by atoms with Gasteiger partial charge in [0.05, 0.1) is 17.1 Å². The lowest BCUT2D eigenvalue weighted by atomic mass is 10.2. The average molecular weight is 341 g/mol. The summed E-state index contributed by atoms with van der Waals surface area (Å²) >= 11 is 11.6. The van der Waals surface area contributed by atoms with Gasteiger partial charge in [-0.3, -0.25) is 9.59 Å². The van der Waals surface area contributed by atoms with E-state index in [-0.39, 0.29) is 17.1 Å². The van der Waals surface area contributed by atoms with Gasteiger partial charge in [-0.25, -0.2) is 4.39 Å². The van der Waals surface area contributed by atoms with E-state index in [9.17, 15) is 14.0 Å². The minimum absolute atomic E-state index is 0.0206. The number of benzene rings is 2. The fourth-order valence-corrected chi connectivity index (χ4v) is 2.17. The number of rotatable bonds is 4. The van der Waals surface area contributed by atoms with Crippen LogP contribution in [0, 0.1) is 5.82 Å². The number of hydrogen-bond donors (Lipinski definition) is 2. The van der Waals surface area contributed by atoms with E-state index in [4.69, 9.17) is 23.2 Å². The summed E-state index contributed by atoms with van der Waals surface area (Å²) in [4.78, 5) is 23.6. The predicted octanol–water partition coefficient (Wildman–Crippen LogP) is 3.50. The number of nitrogens with one attached hydrogen (secondary N) is 2. The Hall–Kier alpha value is -2.11. The zero-order valence-electron chi connectivity index (χ0n) is 11.2. The predicted molar refractivity (Wildman–Crippen MR) is 83.8 cm³/mol. The Morgan fingerprint density at radius 2 is 1.82 bits per heavy atom. The molecule has 0 saturated carbocycles. The first kappa shape index (κ1) is 16.3. The molecule has 0 spiro atoms. The summed E-state index contributed by atoms with van der Waals surface area (Å²) in [5, 5.41) is 5.31. The van der Waals surface area contributed by atoms with Crippen LogP contribution < -0.4 is 10.6 Å². The lowest BCUT2D eigenvalue weighted by Gasteiger charge is -2.08. The number of carbonyl (C=O) groups excluding carboxylic acids is 2. The van der Waals surface area contributed by atoms with Crippen LogP contribution in [0.1, 0.15) is 10.4 Å². The molecule has 0 heterocycles. The van der Waals surface area contributed by atoms with Crippen LogP contribution in [0.5, 0.6) is 0 Å². The Kier molecular flexibility index (Phi) is 5.35. The highest BCUT2D eigenvalue weighted by atomic mass is 35.5. The third-order valence-corrected chi connectivity index (χ3v) is 3.26. The molecule has 0 bridgehead atoms. The van der Waals surface area contributed by atoms with Crippen LogP contribution in [0.2, 0.25) is 10.0 Å². The van der Waals surface area contributed by atoms with Crippen LogP contribution in [0.3, 0.4) is 0 Å². The molecule has 0 atom stereocenters. The smallest absolute Gasteiger partial charge is 0.256 e. The number of carbonyl (C=O) groups is 2. The van der Waals surface area contributed by atoms with Gasteiger partial charge >= 0.3 is 0 Å². The Labute approximate surface area is 136 Å². The van der Waals surface area contributed by atoms with Crippen molar-refractivity contribution in [2.45, 2.75) is 0 Å². The minimum atomic E-state index is -0.760. The molecular formula is C15H11Cl2FN2O2. The number of hydrogen-bond acceptors (Lipinski definition) is 2. The lowest BCUT2D eigenvalue weighted by Crippen LogP contribution is -2.33. The quantitative estimate of drug-likeness (QED) is 0.894. The molecule has 0 aromatic heterocycles. The van der Waals surface area contributed by atoms with Crippen LogP contribution >= 0.6 is 23.2 Å². The monoisotopic (exact) mass is 340 g/mol. The Balaban J connectivity index is 1.95. The van der Waals surface area contributed by atoms with Crippen LogP contribution in [-0.4, -0.2) is 18.4 Å². The molecule has 2 aromatic carbocycles. The summed E-state index contributed by atoms with van der Waals surface area (Å²) < 4.78 is 13.6. The van der Waals surface area contributed by atoms with E-state index in [1.807, 2.05) is 0 Å². The minimum Gasteiger partial charge on any atom is -0.343 e. The molecule has 7 heteroatoms. The summed E-state index contributed by atoms with van der Waals surface area (Å²) in [6.45, 7) is -0.323. The van der Waals surface area contributed by atoms with Gasteiger partial charge in [0, 0.05) is 10.7 Å². The van der Waals surface area contributed by atoms with Gasteiger partial charge in [-0.15, -0.1) is 0 Å². The number of anilines is 1. The van der Waals surface area contributed by atoms with Gasteiger partial charge in [0.2, 0.25) is 5.91 Å². The first-order valence-electron chi connectivity index (χ1n) is 6.25. The van der Waals surface area contributed by atoms with Crippen molar-refractivity contribution in [2.24, 2.45) is 0 Å². The first-order chi connectivity index (χ1) is 10.5. The van der Waals surface area contributed by atoms with Gasteiger partial charge in [-0.1, -0.05) is 35.3 Å². The maximum Gasteiger partial charge on any atom is 0.256 e. The van der Waals surface area contributed by atoms with E-state index in [1.165, 1.54) is 12.1 Å². The molecule has 4 nitrogen and oxygen atoms in total. The van der Waals surface area contributed by atoms with Gasteiger partial charge < -0.3 is 10.6 Å². The van der Waals surface area contributed by atoms with Crippen LogP contribution in [0.4, 0.5) is 10.1 Å². The highest BCUT2D eigenvalue weighted by Crippen LogP contribution is 2.18. The van der Waals surface area contributed by atoms with Crippen molar-refractivity contribution in [2.75, 3.05) is 11.9 Å². The lowest BCUT2D eigenvalue weighted by molar-refractivity contribution is -0.115. The molecule has 0 fully saturated rings. The molecule has 0 radical (unpaired) electrons. The Morgan fingerprint density at radius 1 is 1.09 bits per heavy atom. The molecule has 0 aliphatic heterocycles. The van der Waals surface area contributed by atoms with E-state index < -0.39 is 17.6 Å². The van der Waals surface area contributed by atoms with Crippen LogP contribution in [0.15, 0.2) is 42.5 Å². The van der Waals surface area contributed by atoms with Crippen molar-refractivity contribution < 1.29 is 14.0 Å². The summed E-state index contributed by atoms with van der Waals surface area (Å²) in [6, 6.07) is 10.5. The molecule has 2 rings (SSSR count).